The Morgan fingerprint density at radius 3 is 3.12 bits per heavy atom. The van der Waals surface area contributed by atoms with Crippen LogP contribution in [0.15, 0.2) is 4.99 Å². The fraction of sp³-hybridized carbons (Fsp3) is 0.727. The van der Waals surface area contributed by atoms with E-state index in [-0.39, 0.29) is 17.9 Å². The van der Waals surface area contributed by atoms with Crippen LogP contribution in [0.25, 0.3) is 0 Å². The van der Waals surface area contributed by atoms with Crippen LogP contribution in [-0.4, -0.2) is 37.6 Å². The van der Waals surface area contributed by atoms with Crippen molar-refractivity contribution in [2.45, 2.75) is 31.7 Å². The van der Waals surface area contributed by atoms with E-state index in [2.05, 4.69) is 9.73 Å². The molecule has 1 fully saturated rings. The minimum Gasteiger partial charge on any atom is -0.469 e. The van der Waals surface area contributed by atoms with Crippen LogP contribution < -0.4 is 5.73 Å². The first-order valence-corrected chi connectivity index (χ1v) is 5.55. The van der Waals surface area contributed by atoms with Crippen molar-refractivity contribution in [1.82, 2.24) is 0 Å². The molecule has 1 aliphatic rings. The molecule has 0 aromatic heterocycles. The van der Waals surface area contributed by atoms with Crippen molar-refractivity contribution in [3.8, 4) is 0 Å². The van der Waals surface area contributed by atoms with E-state index < -0.39 is 0 Å². The van der Waals surface area contributed by atoms with Gasteiger partial charge in [-0.25, -0.2) is 0 Å². The van der Waals surface area contributed by atoms with Gasteiger partial charge in [0.2, 0.25) is 0 Å². The summed E-state index contributed by atoms with van der Waals surface area (Å²) < 4.78 is 4.54. The van der Waals surface area contributed by atoms with Gasteiger partial charge in [0, 0.05) is 30.4 Å². The van der Waals surface area contributed by atoms with Gasteiger partial charge in [-0.3, -0.25) is 9.79 Å². The number of carbonyl (C=O) groups is 1. The van der Waals surface area contributed by atoms with E-state index in [1.54, 1.807) is 0 Å². The molecule has 1 aliphatic carbocycles. The molecule has 0 spiro atoms. The third-order valence-corrected chi connectivity index (χ3v) is 2.85. The second-order valence-corrected chi connectivity index (χ2v) is 3.95. The molecule has 0 saturated heterocycles. The van der Waals surface area contributed by atoms with E-state index >= 15 is 0 Å². The minimum absolute atomic E-state index is 0.00290. The molecule has 0 radical (unpaired) electrons. The Hall–Kier alpha value is -1.23. The monoisotopic (exact) mass is 225 g/mol. The summed E-state index contributed by atoms with van der Waals surface area (Å²) in [6.07, 6.45) is 4.49. The van der Waals surface area contributed by atoms with Crippen molar-refractivity contribution in [3.63, 3.8) is 0 Å². The largest absolute Gasteiger partial charge is 0.469 e. The smallest absolute Gasteiger partial charge is 0.307 e. The molecule has 0 bridgehead atoms. The first-order valence-electron chi connectivity index (χ1n) is 5.55. The fourth-order valence-corrected chi connectivity index (χ4v) is 1.91. The maximum absolute atomic E-state index is 10.9. The molecule has 1 saturated carbocycles. The van der Waals surface area contributed by atoms with Gasteiger partial charge >= 0.3 is 5.97 Å². The summed E-state index contributed by atoms with van der Waals surface area (Å²) in [5, 5.41) is 7.34. The Labute approximate surface area is 95.6 Å². The van der Waals surface area contributed by atoms with Gasteiger partial charge in [-0.05, 0) is 19.3 Å². The van der Waals surface area contributed by atoms with Crippen LogP contribution in [0.3, 0.4) is 0 Å². The number of hydrogen-bond acceptors (Lipinski definition) is 5. The van der Waals surface area contributed by atoms with Gasteiger partial charge in [0.1, 0.15) is 0 Å². The second-order valence-electron chi connectivity index (χ2n) is 3.95. The van der Waals surface area contributed by atoms with Gasteiger partial charge in [0.05, 0.1) is 13.5 Å². The van der Waals surface area contributed by atoms with Gasteiger partial charge in [0.15, 0.2) is 0 Å². The molecular formula is C11H19N3O2. The number of nitrogens with zero attached hydrogens (tertiary/aromatic N) is 1. The number of methoxy groups -OCH3 is 1. The molecule has 0 amide bonds. The highest BCUT2D eigenvalue weighted by atomic mass is 16.5. The maximum Gasteiger partial charge on any atom is 0.307 e. The van der Waals surface area contributed by atoms with Crippen LogP contribution in [-0.2, 0) is 9.53 Å². The molecule has 2 unspecified atom stereocenters. The summed E-state index contributed by atoms with van der Waals surface area (Å²) in [4.78, 5) is 15.3. The topological polar surface area (TPSA) is 88.5 Å². The zero-order chi connectivity index (χ0) is 12.0. The van der Waals surface area contributed by atoms with Crippen molar-refractivity contribution >= 4 is 17.9 Å². The van der Waals surface area contributed by atoms with E-state index in [1.807, 2.05) is 0 Å². The van der Waals surface area contributed by atoms with Crippen molar-refractivity contribution < 1.29 is 9.53 Å². The normalized spacial score (nSPS) is 27.8. The fourth-order valence-electron chi connectivity index (χ4n) is 1.91. The van der Waals surface area contributed by atoms with Crippen LogP contribution in [0, 0.1) is 11.3 Å². The summed E-state index contributed by atoms with van der Waals surface area (Å²) >= 11 is 0. The Bertz CT molecular complexity index is 289. The molecule has 5 nitrogen and oxygen atoms in total. The first-order chi connectivity index (χ1) is 7.69. The summed E-state index contributed by atoms with van der Waals surface area (Å²) in [6, 6.07) is 0.00290. The lowest BCUT2D eigenvalue weighted by Crippen LogP contribution is -2.40. The van der Waals surface area contributed by atoms with Crippen molar-refractivity contribution in [2.75, 3.05) is 13.7 Å². The Kier molecular flexibility index (Phi) is 5.11. The Morgan fingerprint density at radius 1 is 1.75 bits per heavy atom. The predicted molar refractivity (Wildman–Crippen MR) is 63.0 cm³/mol. The Morgan fingerprint density at radius 2 is 2.50 bits per heavy atom. The third-order valence-electron chi connectivity index (χ3n) is 2.85. The molecule has 0 aromatic rings. The van der Waals surface area contributed by atoms with Crippen molar-refractivity contribution in [3.05, 3.63) is 0 Å². The zero-order valence-electron chi connectivity index (χ0n) is 9.61. The first kappa shape index (κ1) is 12.8. The predicted octanol–water partition coefficient (Wildman–Crippen LogP) is 0.767. The number of nitrogens with two attached hydrogens (primary N) is 1. The average Bonchev–Trinajstić information content (AvgIpc) is 2.29. The minimum atomic E-state index is -0.254. The SMILES string of the molecule is COC(=O)CCN=C1CCCC(N)C1C=N. The van der Waals surface area contributed by atoms with Gasteiger partial charge < -0.3 is 15.9 Å². The third kappa shape index (κ3) is 3.41. The number of nitrogens with one attached hydrogen (secondary N) is 1. The number of hydrogen-bond donors (Lipinski definition) is 2. The standard InChI is InChI=1S/C11H19N3O2/c1-16-11(15)5-6-14-10-4-2-3-9(13)8(10)7-12/h7-9,12H,2-6,13H2,1H3. The number of carbonyl (C=O) groups excluding carboxylic acids is 1. The van der Waals surface area contributed by atoms with Crippen LogP contribution in [0.5, 0.6) is 0 Å². The lowest BCUT2D eigenvalue weighted by Gasteiger charge is -2.27. The molecule has 0 aromatic carbocycles. The Balaban J connectivity index is 2.52. The van der Waals surface area contributed by atoms with Gasteiger partial charge in [-0.2, -0.15) is 0 Å². The summed E-state index contributed by atoms with van der Waals surface area (Å²) in [7, 11) is 1.37. The van der Waals surface area contributed by atoms with E-state index in [1.165, 1.54) is 13.3 Å². The zero-order valence-corrected chi connectivity index (χ0v) is 9.61. The molecule has 2 atom stereocenters. The van der Waals surface area contributed by atoms with Crippen LogP contribution in [0.4, 0.5) is 0 Å². The van der Waals surface area contributed by atoms with E-state index in [4.69, 9.17) is 11.1 Å². The highest BCUT2D eigenvalue weighted by Gasteiger charge is 2.25. The highest BCUT2D eigenvalue weighted by molar-refractivity contribution is 5.99. The van der Waals surface area contributed by atoms with Gasteiger partial charge in [-0.1, -0.05) is 0 Å². The molecule has 90 valence electrons. The van der Waals surface area contributed by atoms with E-state index in [0.29, 0.717) is 13.0 Å². The molecule has 3 N–H and O–H groups in total. The number of rotatable bonds is 4. The molecule has 1 rings (SSSR count). The molecule has 0 aliphatic heterocycles. The van der Waals surface area contributed by atoms with Gasteiger partial charge in [0.25, 0.3) is 0 Å². The number of esters is 1. The molecule has 0 heterocycles. The second kappa shape index (κ2) is 6.37. The van der Waals surface area contributed by atoms with Crippen LogP contribution in [0.2, 0.25) is 0 Å². The van der Waals surface area contributed by atoms with Crippen molar-refractivity contribution in [2.24, 2.45) is 16.6 Å². The molecule has 16 heavy (non-hydrogen) atoms. The lowest BCUT2D eigenvalue weighted by molar-refractivity contribution is -0.140. The summed E-state index contributed by atoms with van der Waals surface area (Å²) in [6.45, 7) is 0.430. The molecular weight excluding hydrogens is 206 g/mol. The van der Waals surface area contributed by atoms with Crippen LogP contribution in [0.1, 0.15) is 25.7 Å². The highest BCUT2D eigenvalue weighted by Crippen LogP contribution is 2.19. The number of ether oxygens (including phenoxy) is 1. The van der Waals surface area contributed by atoms with Crippen LogP contribution >= 0.6 is 0 Å². The average molecular weight is 225 g/mol. The van der Waals surface area contributed by atoms with Gasteiger partial charge in [-0.15, -0.1) is 0 Å². The summed E-state index contributed by atoms with van der Waals surface area (Å²) in [5.41, 5.74) is 6.87. The number of aliphatic imine (C=N–C) groups is 1. The van der Waals surface area contributed by atoms with E-state index in [0.717, 1.165) is 25.0 Å². The van der Waals surface area contributed by atoms with Crippen molar-refractivity contribution in [1.29, 1.82) is 5.41 Å². The lowest BCUT2D eigenvalue weighted by atomic mass is 9.84. The van der Waals surface area contributed by atoms with E-state index in [9.17, 15) is 4.79 Å². The molecule has 5 heteroatoms. The quantitative estimate of drug-likeness (QED) is 0.547. The maximum atomic E-state index is 10.9. The summed E-state index contributed by atoms with van der Waals surface area (Å²) in [5.74, 6) is -0.303.